The van der Waals surface area contributed by atoms with Crippen LogP contribution < -0.4 is 0 Å². The molecule has 0 aromatic heterocycles. The maximum absolute atomic E-state index is 12.2. The molecule has 2 amide bonds. The largest absolute Gasteiger partial charge is 0.480 e. The van der Waals surface area contributed by atoms with Gasteiger partial charge in [0.1, 0.15) is 5.54 Å². The highest BCUT2D eigenvalue weighted by Gasteiger charge is 2.36. The quantitative estimate of drug-likeness (QED) is 0.808. The van der Waals surface area contributed by atoms with Crippen molar-refractivity contribution < 1.29 is 14.7 Å². The molecule has 1 N–H and O–H groups in total. The summed E-state index contributed by atoms with van der Waals surface area (Å²) >= 11 is 0. The van der Waals surface area contributed by atoms with Crippen LogP contribution in [0.5, 0.6) is 0 Å². The Balaban J connectivity index is 2.48. The minimum absolute atomic E-state index is 0.258. The molecule has 1 aliphatic heterocycles. The van der Waals surface area contributed by atoms with Gasteiger partial charge >= 0.3 is 12.0 Å². The van der Waals surface area contributed by atoms with Crippen LogP contribution >= 0.6 is 0 Å². The topological polar surface area (TPSA) is 64.1 Å². The number of likely N-dealkylation sites (N-methyl/N-ethyl adjacent to an activating group) is 2. The predicted octanol–water partition coefficient (Wildman–Crippen LogP) is 0.929. The summed E-state index contributed by atoms with van der Waals surface area (Å²) in [5, 5.41) is 9.12. The van der Waals surface area contributed by atoms with Crippen LogP contribution in [-0.4, -0.2) is 77.6 Å². The molecule has 6 heteroatoms. The van der Waals surface area contributed by atoms with Crippen LogP contribution in [0, 0.1) is 0 Å². The normalized spacial score (nSPS) is 16.4. The first kappa shape index (κ1) is 15.8. The molecular weight excluding hydrogens is 246 g/mol. The maximum atomic E-state index is 12.2. The monoisotopic (exact) mass is 271 g/mol. The first-order valence-corrected chi connectivity index (χ1v) is 6.71. The van der Waals surface area contributed by atoms with Crippen LogP contribution in [0.1, 0.15) is 26.7 Å². The van der Waals surface area contributed by atoms with Gasteiger partial charge in [-0.3, -0.25) is 0 Å². The van der Waals surface area contributed by atoms with Gasteiger partial charge in [-0.05, 0) is 39.8 Å². The van der Waals surface area contributed by atoms with Gasteiger partial charge in [-0.25, -0.2) is 9.59 Å². The molecule has 0 radical (unpaired) electrons. The summed E-state index contributed by atoms with van der Waals surface area (Å²) in [5.74, 6) is -1.00. The van der Waals surface area contributed by atoms with Gasteiger partial charge in [0.2, 0.25) is 0 Å². The predicted molar refractivity (Wildman–Crippen MR) is 73.2 cm³/mol. The van der Waals surface area contributed by atoms with Crippen LogP contribution in [0.25, 0.3) is 0 Å². The molecule has 1 aliphatic rings. The Morgan fingerprint density at radius 3 is 2.21 bits per heavy atom. The van der Waals surface area contributed by atoms with Crippen LogP contribution in [0.2, 0.25) is 0 Å². The van der Waals surface area contributed by atoms with E-state index in [-0.39, 0.29) is 6.03 Å². The lowest BCUT2D eigenvalue weighted by Crippen LogP contribution is -2.55. The third-order valence-corrected chi connectivity index (χ3v) is 3.93. The molecular formula is C13H25N3O3. The molecule has 1 heterocycles. The van der Waals surface area contributed by atoms with Gasteiger partial charge in [-0.15, -0.1) is 0 Å². The number of carbonyl (C=O) groups is 2. The van der Waals surface area contributed by atoms with Gasteiger partial charge in [-0.2, -0.15) is 0 Å². The Hall–Kier alpha value is -1.30. The number of aliphatic carboxylic acids is 1. The van der Waals surface area contributed by atoms with Gasteiger partial charge in [0.25, 0.3) is 0 Å². The Morgan fingerprint density at radius 2 is 1.74 bits per heavy atom. The van der Waals surface area contributed by atoms with Crippen molar-refractivity contribution in [1.29, 1.82) is 0 Å². The number of amides is 2. The highest BCUT2D eigenvalue weighted by molar-refractivity contribution is 5.85. The summed E-state index contributed by atoms with van der Waals surface area (Å²) in [4.78, 5) is 28.5. The Kier molecular flexibility index (Phi) is 5.17. The van der Waals surface area contributed by atoms with Crippen LogP contribution in [0.15, 0.2) is 0 Å². The number of urea groups is 1. The molecule has 1 fully saturated rings. The minimum Gasteiger partial charge on any atom is -0.480 e. The Bertz CT molecular complexity index is 338. The van der Waals surface area contributed by atoms with Crippen molar-refractivity contribution in [2.45, 2.75) is 32.2 Å². The first-order valence-electron chi connectivity index (χ1n) is 6.71. The van der Waals surface area contributed by atoms with E-state index >= 15 is 0 Å². The zero-order valence-electron chi connectivity index (χ0n) is 12.3. The molecule has 0 unspecified atom stereocenters. The average molecular weight is 271 g/mol. The van der Waals surface area contributed by atoms with Crippen molar-refractivity contribution in [2.24, 2.45) is 0 Å². The van der Waals surface area contributed by atoms with Gasteiger partial charge in [0.15, 0.2) is 0 Å². The number of carbonyl (C=O) groups excluding carboxylic acids is 1. The van der Waals surface area contributed by atoms with Crippen molar-refractivity contribution in [3.8, 4) is 0 Å². The second kappa shape index (κ2) is 6.23. The van der Waals surface area contributed by atoms with Crippen LogP contribution in [-0.2, 0) is 4.79 Å². The lowest BCUT2D eigenvalue weighted by molar-refractivity contribution is -0.147. The summed E-state index contributed by atoms with van der Waals surface area (Å²) in [7, 11) is 3.25. The molecule has 0 saturated carbocycles. The van der Waals surface area contributed by atoms with Crippen molar-refractivity contribution in [3.05, 3.63) is 0 Å². The van der Waals surface area contributed by atoms with Crippen LogP contribution in [0.4, 0.5) is 4.79 Å². The van der Waals surface area contributed by atoms with Gasteiger partial charge in [0, 0.05) is 27.2 Å². The highest BCUT2D eigenvalue weighted by Crippen LogP contribution is 2.14. The van der Waals surface area contributed by atoms with Crippen molar-refractivity contribution in [2.75, 3.05) is 40.3 Å². The number of carboxylic acids is 1. The van der Waals surface area contributed by atoms with Crippen LogP contribution in [0.3, 0.4) is 0 Å². The smallest absolute Gasteiger partial charge is 0.329 e. The van der Waals surface area contributed by atoms with Crippen molar-refractivity contribution in [3.63, 3.8) is 0 Å². The number of hydrogen-bond donors (Lipinski definition) is 1. The van der Waals surface area contributed by atoms with E-state index in [2.05, 4.69) is 4.90 Å². The zero-order chi connectivity index (χ0) is 14.6. The molecule has 19 heavy (non-hydrogen) atoms. The van der Waals surface area contributed by atoms with E-state index in [1.807, 2.05) is 0 Å². The summed E-state index contributed by atoms with van der Waals surface area (Å²) in [5.41, 5.74) is -1.20. The summed E-state index contributed by atoms with van der Waals surface area (Å²) in [6.07, 6.45) is 2.45. The first-order chi connectivity index (χ1) is 8.76. The van der Waals surface area contributed by atoms with Crippen molar-refractivity contribution >= 4 is 12.0 Å². The summed E-state index contributed by atoms with van der Waals surface area (Å²) in [6.45, 7) is 6.72. The Morgan fingerprint density at radius 1 is 1.21 bits per heavy atom. The lowest BCUT2D eigenvalue weighted by atomic mass is 10.0. The summed E-state index contributed by atoms with van der Waals surface area (Å²) < 4.78 is 0. The maximum Gasteiger partial charge on any atom is 0.329 e. The van der Waals surface area contributed by atoms with Crippen molar-refractivity contribution in [1.82, 2.24) is 14.7 Å². The lowest BCUT2D eigenvalue weighted by Gasteiger charge is -2.35. The Labute approximate surface area is 115 Å². The third kappa shape index (κ3) is 3.83. The number of carboxylic acid groups (broad SMARTS) is 1. The van der Waals surface area contributed by atoms with E-state index in [0.29, 0.717) is 6.54 Å². The molecule has 0 bridgehead atoms. The van der Waals surface area contributed by atoms with E-state index < -0.39 is 11.5 Å². The molecule has 110 valence electrons. The molecule has 0 aliphatic carbocycles. The fraction of sp³-hybridized carbons (Fsp3) is 0.846. The second-order valence-electron chi connectivity index (χ2n) is 5.68. The fourth-order valence-electron chi connectivity index (χ4n) is 2.03. The minimum atomic E-state index is -1.20. The van der Waals surface area contributed by atoms with E-state index in [1.165, 1.54) is 38.6 Å². The molecule has 0 atom stereocenters. The molecule has 1 rings (SSSR count). The molecule has 0 aromatic carbocycles. The molecule has 0 aromatic rings. The number of rotatable bonds is 5. The number of likely N-dealkylation sites (tertiary alicyclic amines) is 1. The zero-order valence-corrected chi connectivity index (χ0v) is 12.3. The number of nitrogens with zero attached hydrogens (tertiary/aromatic N) is 3. The molecule has 0 spiro atoms. The third-order valence-electron chi connectivity index (χ3n) is 3.93. The standard InChI is InChI=1S/C13H25N3O3/c1-13(2,11(17)18)15(4)12(19)14(3)9-10-16-7-5-6-8-16/h5-10H2,1-4H3,(H,17,18). The van der Waals surface area contributed by atoms with Gasteiger partial charge < -0.3 is 19.8 Å². The van der Waals surface area contributed by atoms with E-state index in [0.717, 1.165) is 19.6 Å². The summed E-state index contributed by atoms with van der Waals surface area (Å²) in [6, 6.07) is -0.258. The molecule has 1 saturated heterocycles. The van der Waals surface area contributed by atoms with E-state index in [1.54, 1.807) is 11.9 Å². The van der Waals surface area contributed by atoms with Gasteiger partial charge in [-0.1, -0.05) is 0 Å². The van der Waals surface area contributed by atoms with E-state index in [4.69, 9.17) is 5.11 Å². The molecule has 6 nitrogen and oxygen atoms in total. The fourth-order valence-corrected chi connectivity index (χ4v) is 2.03. The van der Waals surface area contributed by atoms with Gasteiger partial charge in [0.05, 0.1) is 0 Å². The average Bonchev–Trinajstić information content (AvgIpc) is 2.86. The second-order valence-corrected chi connectivity index (χ2v) is 5.68. The number of hydrogen-bond acceptors (Lipinski definition) is 3. The van der Waals surface area contributed by atoms with E-state index in [9.17, 15) is 9.59 Å². The highest BCUT2D eigenvalue weighted by atomic mass is 16.4. The SMILES string of the molecule is CN(CCN1CCCC1)C(=O)N(C)C(C)(C)C(=O)O.